The molecule has 9 heteroatoms. The Hall–Kier alpha value is -2.42. The quantitative estimate of drug-likeness (QED) is 0.354. The van der Waals surface area contributed by atoms with E-state index in [2.05, 4.69) is 10.3 Å². The first kappa shape index (κ1) is 13.6. The predicted octanol–water partition coefficient (Wildman–Crippen LogP) is 0.0851. The van der Waals surface area contributed by atoms with Crippen LogP contribution in [0.25, 0.3) is 0 Å². The number of hydrogen-bond donors (Lipinski definition) is 3. The molecule has 4 N–H and O–H groups in total. The number of carboxylic acid groups (broad SMARTS) is 1. The number of nitrogens with two attached hydrogens (primary N) is 1. The van der Waals surface area contributed by atoms with E-state index in [1.54, 1.807) is 0 Å². The number of carbonyl (C=O) groups is 1. The van der Waals surface area contributed by atoms with E-state index >= 15 is 0 Å². The number of hydrogen-bond acceptors (Lipinski definition) is 7. The minimum Gasteiger partial charge on any atom is -0.480 e. The normalized spacial score (nSPS) is 10.0. The van der Waals surface area contributed by atoms with E-state index in [1.807, 2.05) is 0 Å². The van der Waals surface area contributed by atoms with Crippen LogP contribution < -0.4 is 11.1 Å². The van der Waals surface area contributed by atoms with Crippen molar-refractivity contribution >= 4 is 23.3 Å². The van der Waals surface area contributed by atoms with Crippen LogP contribution in [0.3, 0.4) is 0 Å². The third-order valence-electron chi connectivity index (χ3n) is 1.88. The lowest BCUT2D eigenvalue weighted by Crippen LogP contribution is -2.14. The zero-order valence-corrected chi connectivity index (χ0v) is 9.33. The van der Waals surface area contributed by atoms with Gasteiger partial charge in [-0.25, -0.2) is 9.78 Å². The molecule has 0 unspecified atom stereocenters. The van der Waals surface area contributed by atoms with Gasteiger partial charge in [0.2, 0.25) is 5.82 Å². The van der Waals surface area contributed by atoms with Gasteiger partial charge in [-0.05, 0) is 6.07 Å². The monoisotopic (exact) mass is 256 g/mol. The molecule has 0 aliphatic rings. The number of aromatic nitrogens is 1. The van der Waals surface area contributed by atoms with E-state index in [4.69, 9.17) is 15.6 Å². The molecule has 18 heavy (non-hydrogen) atoms. The fraction of sp³-hybridized carbons (Fsp3) is 0.333. The van der Waals surface area contributed by atoms with Crippen LogP contribution in [-0.4, -0.2) is 40.7 Å². The van der Waals surface area contributed by atoms with Gasteiger partial charge < -0.3 is 20.9 Å². The maximum Gasteiger partial charge on any atom is 0.329 e. The van der Waals surface area contributed by atoms with Crippen LogP contribution in [-0.2, 0) is 9.53 Å². The highest BCUT2D eigenvalue weighted by Crippen LogP contribution is 2.20. The Morgan fingerprint density at radius 3 is 2.89 bits per heavy atom. The van der Waals surface area contributed by atoms with E-state index in [9.17, 15) is 14.9 Å². The molecule has 0 aromatic carbocycles. The number of nitro groups is 1. The van der Waals surface area contributed by atoms with Gasteiger partial charge in [0.1, 0.15) is 12.4 Å². The molecular weight excluding hydrogens is 244 g/mol. The number of pyridine rings is 1. The summed E-state index contributed by atoms with van der Waals surface area (Å²) in [5.74, 6) is -0.874. The number of nitrogens with zero attached hydrogens (tertiary/aromatic N) is 2. The highest BCUT2D eigenvalue weighted by molar-refractivity contribution is 5.68. The zero-order valence-electron chi connectivity index (χ0n) is 9.33. The molecule has 0 aliphatic carbocycles. The summed E-state index contributed by atoms with van der Waals surface area (Å²) < 4.78 is 4.78. The van der Waals surface area contributed by atoms with Crippen molar-refractivity contribution in [3.05, 3.63) is 22.2 Å². The van der Waals surface area contributed by atoms with E-state index in [-0.39, 0.29) is 24.7 Å². The van der Waals surface area contributed by atoms with Crippen molar-refractivity contribution < 1.29 is 19.6 Å². The molecule has 0 saturated carbocycles. The Balaban J connectivity index is 2.42. The summed E-state index contributed by atoms with van der Waals surface area (Å²) in [6.07, 6.45) is 0. The van der Waals surface area contributed by atoms with Crippen LogP contribution in [0.1, 0.15) is 0 Å². The molecule has 9 nitrogen and oxygen atoms in total. The van der Waals surface area contributed by atoms with Gasteiger partial charge in [0.15, 0.2) is 0 Å². The van der Waals surface area contributed by atoms with Crippen molar-refractivity contribution in [3.63, 3.8) is 0 Å². The molecule has 0 atom stereocenters. The zero-order chi connectivity index (χ0) is 13.5. The van der Waals surface area contributed by atoms with Crippen molar-refractivity contribution in [2.75, 3.05) is 30.8 Å². The maximum atomic E-state index is 10.5. The van der Waals surface area contributed by atoms with Crippen LogP contribution in [0.2, 0.25) is 0 Å². The molecule has 0 amide bonds. The standard InChI is InChI=1S/C9H12N4O5/c10-9-6(13(16)17)1-2-7(12-9)11-3-4-18-5-8(14)15/h1-2H,3-5H2,(H,14,15)(H3,10,11,12). The van der Waals surface area contributed by atoms with Gasteiger partial charge in [-0.15, -0.1) is 0 Å². The smallest absolute Gasteiger partial charge is 0.329 e. The van der Waals surface area contributed by atoms with E-state index < -0.39 is 10.9 Å². The highest BCUT2D eigenvalue weighted by atomic mass is 16.6. The first-order chi connectivity index (χ1) is 8.50. The fourth-order valence-electron chi connectivity index (χ4n) is 1.13. The largest absolute Gasteiger partial charge is 0.480 e. The van der Waals surface area contributed by atoms with E-state index in [1.165, 1.54) is 12.1 Å². The van der Waals surface area contributed by atoms with E-state index in [0.717, 1.165) is 0 Å². The summed E-state index contributed by atoms with van der Waals surface area (Å²) in [5.41, 5.74) is 5.13. The Bertz CT molecular complexity index is 451. The average molecular weight is 256 g/mol. The molecule has 0 bridgehead atoms. The van der Waals surface area contributed by atoms with Gasteiger partial charge in [0.25, 0.3) is 0 Å². The minimum atomic E-state index is -1.05. The van der Waals surface area contributed by atoms with Crippen molar-refractivity contribution in [1.82, 2.24) is 4.98 Å². The summed E-state index contributed by atoms with van der Waals surface area (Å²) in [5, 5.41) is 21.6. The van der Waals surface area contributed by atoms with Gasteiger partial charge in [0, 0.05) is 12.6 Å². The molecule has 0 radical (unpaired) electrons. The summed E-state index contributed by atoms with van der Waals surface area (Å²) in [7, 11) is 0. The number of aliphatic carboxylic acids is 1. The Kier molecular flexibility index (Phi) is 4.81. The molecule has 0 spiro atoms. The predicted molar refractivity (Wildman–Crippen MR) is 62.2 cm³/mol. The molecule has 0 aliphatic heterocycles. The van der Waals surface area contributed by atoms with E-state index in [0.29, 0.717) is 12.4 Å². The van der Waals surface area contributed by atoms with Crippen LogP contribution in [0.5, 0.6) is 0 Å². The topological polar surface area (TPSA) is 141 Å². The molecule has 1 rings (SSSR count). The molecule has 1 aromatic rings. The second kappa shape index (κ2) is 6.35. The lowest BCUT2D eigenvalue weighted by atomic mass is 10.4. The third-order valence-corrected chi connectivity index (χ3v) is 1.88. The third kappa shape index (κ3) is 4.22. The second-order valence-corrected chi connectivity index (χ2v) is 3.23. The van der Waals surface area contributed by atoms with Crippen molar-refractivity contribution in [2.45, 2.75) is 0 Å². The number of rotatable bonds is 7. The van der Waals surface area contributed by atoms with Crippen LogP contribution in [0, 0.1) is 10.1 Å². The van der Waals surface area contributed by atoms with Crippen molar-refractivity contribution in [3.8, 4) is 0 Å². The number of nitrogens with one attached hydrogen (secondary N) is 1. The van der Waals surface area contributed by atoms with Gasteiger partial charge >= 0.3 is 11.7 Å². The maximum absolute atomic E-state index is 10.5. The lowest BCUT2D eigenvalue weighted by molar-refractivity contribution is -0.384. The summed E-state index contributed by atoms with van der Waals surface area (Å²) in [6, 6.07) is 2.65. The molecule has 98 valence electrons. The second-order valence-electron chi connectivity index (χ2n) is 3.23. The van der Waals surface area contributed by atoms with Crippen LogP contribution in [0.15, 0.2) is 12.1 Å². The fourth-order valence-corrected chi connectivity index (χ4v) is 1.13. The molecular formula is C9H12N4O5. The SMILES string of the molecule is Nc1nc(NCCOCC(=O)O)ccc1[N+](=O)[O-]. The Labute approximate surface area is 102 Å². The van der Waals surface area contributed by atoms with Gasteiger partial charge in [-0.2, -0.15) is 0 Å². The molecule has 0 saturated heterocycles. The first-order valence-electron chi connectivity index (χ1n) is 4.95. The molecule has 1 aromatic heterocycles. The number of carboxylic acids is 1. The molecule has 0 fully saturated rings. The van der Waals surface area contributed by atoms with Crippen LogP contribution in [0.4, 0.5) is 17.3 Å². The Morgan fingerprint density at radius 1 is 1.61 bits per heavy atom. The highest BCUT2D eigenvalue weighted by Gasteiger charge is 2.12. The Morgan fingerprint density at radius 2 is 2.33 bits per heavy atom. The van der Waals surface area contributed by atoms with Gasteiger partial charge in [-0.1, -0.05) is 0 Å². The summed E-state index contributed by atoms with van der Waals surface area (Å²) in [6.45, 7) is 0.111. The van der Waals surface area contributed by atoms with Crippen molar-refractivity contribution in [1.29, 1.82) is 0 Å². The van der Waals surface area contributed by atoms with Crippen LogP contribution >= 0.6 is 0 Å². The van der Waals surface area contributed by atoms with Gasteiger partial charge in [-0.3, -0.25) is 10.1 Å². The lowest BCUT2D eigenvalue weighted by Gasteiger charge is -2.06. The summed E-state index contributed by atoms with van der Waals surface area (Å²) >= 11 is 0. The average Bonchev–Trinajstić information content (AvgIpc) is 2.27. The molecule has 1 heterocycles. The number of ether oxygens (including phenoxy) is 1. The minimum absolute atomic E-state index is 0.172. The first-order valence-corrected chi connectivity index (χ1v) is 4.95. The number of anilines is 2. The van der Waals surface area contributed by atoms with Gasteiger partial charge in [0.05, 0.1) is 11.5 Å². The number of nitrogen functional groups attached to an aromatic ring is 1. The van der Waals surface area contributed by atoms with Crippen molar-refractivity contribution in [2.24, 2.45) is 0 Å². The summed E-state index contributed by atoms with van der Waals surface area (Å²) in [4.78, 5) is 23.8.